The lowest BCUT2D eigenvalue weighted by Crippen LogP contribution is -2.22. The second-order valence-corrected chi connectivity index (χ2v) is 6.79. The molecule has 3 nitrogen and oxygen atoms in total. The summed E-state index contributed by atoms with van der Waals surface area (Å²) in [5.74, 6) is 2.69. The van der Waals surface area contributed by atoms with Crippen molar-refractivity contribution in [3.8, 4) is 0 Å². The van der Waals surface area contributed by atoms with Crippen molar-refractivity contribution >= 4 is 16.6 Å². The molecule has 3 atom stereocenters. The normalized spacial score (nSPS) is 27.4. The second kappa shape index (κ2) is 4.90. The van der Waals surface area contributed by atoms with Gasteiger partial charge in [0, 0.05) is 30.7 Å². The summed E-state index contributed by atoms with van der Waals surface area (Å²) in [6.07, 6.45) is 5.66. The number of fused-ring (bicyclic) bond motifs is 3. The smallest absolute Gasteiger partial charge is 0.252 e. The van der Waals surface area contributed by atoms with Gasteiger partial charge in [-0.2, -0.15) is 0 Å². The van der Waals surface area contributed by atoms with Gasteiger partial charge in [0.15, 0.2) is 0 Å². The molecule has 110 valence electrons. The third-order valence-electron chi connectivity index (χ3n) is 5.59. The zero-order valence-corrected chi connectivity index (χ0v) is 12.5. The molecule has 2 fully saturated rings. The molecule has 2 saturated carbocycles. The molecule has 2 aliphatic rings. The first kappa shape index (κ1) is 12.9. The number of pyridine rings is 1. The molecule has 1 aromatic carbocycles. The summed E-state index contributed by atoms with van der Waals surface area (Å²) in [7, 11) is 1.84. The monoisotopic (exact) mass is 282 g/mol. The molecular formula is C18H22N2O. The summed E-state index contributed by atoms with van der Waals surface area (Å²) in [6.45, 7) is 1.01. The van der Waals surface area contributed by atoms with E-state index in [2.05, 4.69) is 11.4 Å². The molecule has 2 aromatic rings. The Bertz CT molecular complexity index is 734. The number of aryl methyl sites for hydroxylation is 1. The maximum Gasteiger partial charge on any atom is 0.252 e. The predicted molar refractivity (Wildman–Crippen MR) is 86.6 cm³/mol. The van der Waals surface area contributed by atoms with Crippen molar-refractivity contribution < 1.29 is 0 Å². The Morgan fingerprint density at radius 2 is 2.10 bits per heavy atom. The van der Waals surface area contributed by atoms with Crippen molar-refractivity contribution in [2.24, 2.45) is 24.8 Å². The van der Waals surface area contributed by atoms with E-state index in [9.17, 15) is 4.79 Å². The highest BCUT2D eigenvalue weighted by atomic mass is 16.1. The molecule has 0 radical (unpaired) electrons. The van der Waals surface area contributed by atoms with Gasteiger partial charge in [0.1, 0.15) is 0 Å². The Morgan fingerprint density at radius 1 is 1.24 bits per heavy atom. The Hall–Kier alpha value is -1.77. The fraction of sp³-hybridized carbons (Fsp3) is 0.500. The molecule has 0 spiro atoms. The van der Waals surface area contributed by atoms with E-state index >= 15 is 0 Å². The molecule has 0 saturated heterocycles. The number of hydrogen-bond acceptors (Lipinski definition) is 2. The van der Waals surface area contributed by atoms with E-state index in [4.69, 9.17) is 0 Å². The van der Waals surface area contributed by atoms with Crippen molar-refractivity contribution in [2.45, 2.75) is 25.7 Å². The topological polar surface area (TPSA) is 34.0 Å². The van der Waals surface area contributed by atoms with Crippen LogP contribution in [0, 0.1) is 17.8 Å². The van der Waals surface area contributed by atoms with Gasteiger partial charge in [-0.25, -0.2) is 0 Å². The number of anilines is 1. The van der Waals surface area contributed by atoms with E-state index in [1.807, 2.05) is 25.2 Å². The first-order chi connectivity index (χ1) is 10.2. The number of para-hydroxylation sites is 1. The van der Waals surface area contributed by atoms with Gasteiger partial charge >= 0.3 is 0 Å². The zero-order valence-electron chi connectivity index (χ0n) is 12.5. The summed E-state index contributed by atoms with van der Waals surface area (Å²) in [5, 5.41) is 4.71. The van der Waals surface area contributed by atoms with Crippen LogP contribution in [0.5, 0.6) is 0 Å². The zero-order chi connectivity index (χ0) is 14.4. The molecule has 2 bridgehead atoms. The fourth-order valence-corrected chi connectivity index (χ4v) is 4.42. The average molecular weight is 282 g/mol. The molecule has 1 aromatic heterocycles. The molecular weight excluding hydrogens is 260 g/mol. The van der Waals surface area contributed by atoms with E-state index in [-0.39, 0.29) is 5.56 Å². The lowest BCUT2D eigenvalue weighted by molar-refractivity contribution is 0.348. The molecule has 1 heterocycles. The van der Waals surface area contributed by atoms with Crippen molar-refractivity contribution in [1.82, 2.24) is 4.57 Å². The minimum atomic E-state index is 0.0594. The van der Waals surface area contributed by atoms with Gasteiger partial charge in [0.25, 0.3) is 5.56 Å². The van der Waals surface area contributed by atoms with Crippen LogP contribution in [0.3, 0.4) is 0 Å². The molecule has 3 heteroatoms. The van der Waals surface area contributed by atoms with E-state index in [1.54, 1.807) is 10.6 Å². The second-order valence-electron chi connectivity index (χ2n) is 6.79. The summed E-state index contributed by atoms with van der Waals surface area (Å²) >= 11 is 0. The Balaban J connectivity index is 1.62. The molecule has 0 amide bonds. The van der Waals surface area contributed by atoms with E-state index in [1.165, 1.54) is 25.7 Å². The summed E-state index contributed by atoms with van der Waals surface area (Å²) in [5.41, 5.74) is 2.06. The quantitative estimate of drug-likeness (QED) is 0.936. The maximum atomic E-state index is 12.1. The number of hydrogen-bond donors (Lipinski definition) is 1. The van der Waals surface area contributed by atoms with Crippen LogP contribution >= 0.6 is 0 Å². The minimum Gasteiger partial charge on any atom is -0.384 e. The molecule has 4 rings (SSSR count). The average Bonchev–Trinajstić information content (AvgIpc) is 3.12. The highest BCUT2D eigenvalue weighted by Gasteiger charge is 2.39. The predicted octanol–water partition coefficient (Wildman–Crippen LogP) is 3.39. The first-order valence-electron chi connectivity index (χ1n) is 8.05. The van der Waals surface area contributed by atoms with Gasteiger partial charge in [0.05, 0.1) is 5.52 Å². The van der Waals surface area contributed by atoms with Gasteiger partial charge in [-0.1, -0.05) is 24.6 Å². The number of nitrogens with zero attached hydrogens (tertiary/aromatic N) is 1. The van der Waals surface area contributed by atoms with Crippen molar-refractivity contribution in [1.29, 1.82) is 0 Å². The van der Waals surface area contributed by atoms with Crippen LogP contribution in [-0.4, -0.2) is 11.1 Å². The summed E-state index contributed by atoms with van der Waals surface area (Å²) < 4.78 is 1.72. The Morgan fingerprint density at radius 3 is 2.86 bits per heavy atom. The van der Waals surface area contributed by atoms with Gasteiger partial charge in [-0.15, -0.1) is 0 Å². The van der Waals surface area contributed by atoms with Crippen LogP contribution < -0.4 is 10.9 Å². The van der Waals surface area contributed by atoms with Gasteiger partial charge in [-0.05, 0) is 43.1 Å². The third-order valence-corrected chi connectivity index (χ3v) is 5.59. The minimum absolute atomic E-state index is 0.0594. The van der Waals surface area contributed by atoms with Crippen LogP contribution in [0.2, 0.25) is 0 Å². The van der Waals surface area contributed by atoms with E-state index in [0.29, 0.717) is 0 Å². The van der Waals surface area contributed by atoms with Crippen LogP contribution in [0.25, 0.3) is 10.9 Å². The van der Waals surface area contributed by atoms with Crippen molar-refractivity contribution in [3.05, 3.63) is 40.7 Å². The molecule has 1 N–H and O–H groups in total. The lowest BCUT2D eigenvalue weighted by atomic mass is 9.89. The Kier molecular flexibility index (Phi) is 3.02. The standard InChI is InChI=1S/C18H22N2O/c1-20-17-5-3-2-4-15(17)16(10-18(20)21)19-11-14-9-12-6-7-13(14)8-12/h2-5,10,12-14,19H,6-9,11H2,1H3. The van der Waals surface area contributed by atoms with Crippen LogP contribution in [0.1, 0.15) is 25.7 Å². The molecule has 2 aliphatic carbocycles. The maximum absolute atomic E-state index is 12.1. The molecule has 3 unspecified atom stereocenters. The number of aromatic nitrogens is 1. The first-order valence-corrected chi connectivity index (χ1v) is 8.05. The fourth-order valence-electron chi connectivity index (χ4n) is 4.42. The molecule has 21 heavy (non-hydrogen) atoms. The van der Waals surface area contributed by atoms with Gasteiger partial charge in [0.2, 0.25) is 0 Å². The van der Waals surface area contributed by atoms with Crippen molar-refractivity contribution in [2.75, 3.05) is 11.9 Å². The van der Waals surface area contributed by atoms with Gasteiger partial charge < -0.3 is 9.88 Å². The number of benzene rings is 1. The Labute approximate surface area is 125 Å². The van der Waals surface area contributed by atoms with Crippen LogP contribution in [-0.2, 0) is 7.05 Å². The highest BCUT2D eigenvalue weighted by Crippen LogP contribution is 2.48. The highest BCUT2D eigenvalue weighted by molar-refractivity contribution is 5.91. The van der Waals surface area contributed by atoms with Crippen LogP contribution in [0.15, 0.2) is 35.1 Å². The van der Waals surface area contributed by atoms with E-state index in [0.717, 1.165) is 40.9 Å². The number of nitrogens with one attached hydrogen (secondary N) is 1. The SMILES string of the molecule is Cn1c(=O)cc(NCC2CC3CCC2C3)c2ccccc21. The largest absolute Gasteiger partial charge is 0.384 e. The molecule has 0 aliphatic heterocycles. The van der Waals surface area contributed by atoms with E-state index < -0.39 is 0 Å². The van der Waals surface area contributed by atoms with Crippen LogP contribution in [0.4, 0.5) is 5.69 Å². The van der Waals surface area contributed by atoms with Crippen molar-refractivity contribution in [3.63, 3.8) is 0 Å². The third kappa shape index (κ3) is 2.15. The van der Waals surface area contributed by atoms with Gasteiger partial charge in [-0.3, -0.25) is 4.79 Å². The summed E-state index contributed by atoms with van der Waals surface area (Å²) in [4.78, 5) is 12.1. The number of rotatable bonds is 3. The summed E-state index contributed by atoms with van der Waals surface area (Å²) in [6, 6.07) is 9.88. The lowest BCUT2D eigenvalue weighted by Gasteiger charge is -2.23.